The number of aromatic nitrogens is 5. The largest absolute Gasteiger partial charge is 0.465 e. The van der Waals surface area contributed by atoms with Gasteiger partial charge < -0.3 is 10.8 Å². The third-order valence-corrected chi connectivity index (χ3v) is 6.63. The molecule has 4 aromatic rings. The monoisotopic (exact) mass is 487 g/mol. The molecule has 1 amide bonds. The number of carbonyl (C=O) groups is 1. The zero-order valence-electron chi connectivity index (χ0n) is 19.6. The number of hydrogen-bond donors (Lipinski definition) is 2. The lowest BCUT2D eigenvalue weighted by molar-refractivity contribution is 0.110. The number of fused-ring (bicyclic) bond motifs is 1. The average molecular weight is 488 g/mol. The minimum atomic E-state index is -1.03. The molecule has 0 aliphatic heterocycles. The predicted octanol–water partition coefficient (Wildman–Crippen LogP) is 4.81. The van der Waals surface area contributed by atoms with Crippen LogP contribution in [0.25, 0.3) is 22.6 Å². The molecule has 0 radical (unpaired) electrons. The van der Waals surface area contributed by atoms with E-state index in [4.69, 9.17) is 5.73 Å². The van der Waals surface area contributed by atoms with Crippen molar-refractivity contribution in [3.05, 3.63) is 78.4 Å². The van der Waals surface area contributed by atoms with Gasteiger partial charge in [-0.2, -0.15) is 5.10 Å². The van der Waals surface area contributed by atoms with Gasteiger partial charge in [-0.1, -0.05) is 37.1 Å². The Labute approximate surface area is 207 Å². The van der Waals surface area contributed by atoms with Crippen molar-refractivity contribution < 1.29 is 14.3 Å². The van der Waals surface area contributed by atoms with E-state index < -0.39 is 12.1 Å². The molecular weight excluding hydrogens is 461 g/mol. The first-order valence-corrected chi connectivity index (χ1v) is 11.8. The summed E-state index contributed by atoms with van der Waals surface area (Å²) in [6, 6.07) is 9.35. The van der Waals surface area contributed by atoms with Gasteiger partial charge in [-0.05, 0) is 31.0 Å². The van der Waals surface area contributed by atoms with E-state index in [1.54, 1.807) is 41.2 Å². The fourth-order valence-electron chi connectivity index (χ4n) is 4.89. The van der Waals surface area contributed by atoms with Gasteiger partial charge in [0.15, 0.2) is 11.5 Å². The maximum atomic E-state index is 14.3. The van der Waals surface area contributed by atoms with Gasteiger partial charge in [0, 0.05) is 29.6 Å². The molecule has 1 fully saturated rings. The zero-order chi connectivity index (χ0) is 25.2. The lowest BCUT2D eigenvalue weighted by Crippen LogP contribution is -2.40. The highest BCUT2D eigenvalue weighted by Gasteiger charge is 2.33. The van der Waals surface area contributed by atoms with Gasteiger partial charge in [-0.3, -0.25) is 4.90 Å². The van der Waals surface area contributed by atoms with E-state index in [9.17, 15) is 14.3 Å². The van der Waals surface area contributed by atoms with Crippen molar-refractivity contribution in [2.75, 3.05) is 5.73 Å². The Morgan fingerprint density at radius 3 is 2.72 bits per heavy atom. The lowest BCUT2D eigenvalue weighted by atomic mass is 10.0. The van der Waals surface area contributed by atoms with Crippen molar-refractivity contribution in [3.8, 4) is 11.5 Å². The van der Waals surface area contributed by atoms with Crippen molar-refractivity contribution in [2.45, 2.75) is 44.3 Å². The van der Waals surface area contributed by atoms with E-state index in [-0.39, 0.29) is 30.0 Å². The van der Waals surface area contributed by atoms with Crippen molar-refractivity contribution in [1.82, 2.24) is 29.6 Å². The van der Waals surface area contributed by atoms with Gasteiger partial charge in [0.2, 0.25) is 0 Å². The zero-order valence-corrected chi connectivity index (χ0v) is 19.6. The summed E-state index contributed by atoms with van der Waals surface area (Å²) in [5.41, 5.74) is 8.30. The first kappa shape index (κ1) is 23.4. The molecule has 36 heavy (non-hydrogen) atoms. The number of nitrogens with zero attached hydrogens (tertiary/aromatic N) is 6. The number of carboxylic acid groups (broad SMARTS) is 1. The van der Waals surface area contributed by atoms with Crippen LogP contribution in [0.1, 0.15) is 42.9 Å². The SMILES string of the molecule is C=CC(c1cnc(-c2nn(Cc3ccccc3F)c3ncccc23)nc1N)N(C(=O)O)C1CCCC1. The molecule has 1 aliphatic rings. The Bertz CT molecular complexity index is 1430. The number of nitrogen functional groups attached to an aromatic ring is 1. The van der Waals surface area contributed by atoms with Gasteiger partial charge in [-0.25, -0.2) is 28.8 Å². The summed E-state index contributed by atoms with van der Waals surface area (Å²) in [4.78, 5) is 26.9. The molecule has 1 aromatic carbocycles. The Hall–Kier alpha value is -4.34. The number of hydrogen-bond acceptors (Lipinski definition) is 6. The van der Waals surface area contributed by atoms with Gasteiger partial charge in [0.05, 0.1) is 18.0 Å². The first-order valence-electron chi connectivity index (χ1n) is 11.8. The van der Waals surface area contributed by atoms with Crippen molar-refractivity contribution in [2.24, 2.45) is 0 Å². The minimum absolute atomic E-state index is 0.103. The highest BCUT2D eigenvalue weighted by atomic mass is 19.1. The molecule has 0 bridgehead atoms. The Kier molecular flexibility index (Phi) is 6.32. The van der Waals surface area contributed by atoms with Crippen molar-refractivity contribution in [1.29, 1.82) is 0 Å². The summed E-state index contributed by atoms with van der Waals surface area (Å²) in [6.45, 7) is 4.04. The molecule has 1 unspecified atom stereocenters. The summed E-state index contributed by atoms with van der Waals surface area (Å²) in [6.07, 6.45) is 7.28. The van der Waals surface area contributed by atoms with Crippen LogP contribution in [0.3, 0.4) is 0 Å². The van der Waals surface area contributed by atoms with Crippen LogP contribution in [0.15, 0.2) is 61.4 Å². The van der Waals surface area contributed by atoms with E-state index in [0.29, 0.717) is 27.9 Å². The van der Waals surface area contributed by atoms with E-state index in [1.807, 2.05) is 6.07 Å². The van der Waals surface area contributed by atoms with Crippen LogP contribution in [0.5, 0.6) is 0 Å². The highest BCUT2D eigenvalue weighted by molar-refractivity contribution is 5.89. The highest BCUT2D eigenvalue weighted by Crippen LogP contribution is 2.34. The molecule has 0 saturated heterocycles. The molecule has 0 spiro atoms. The quantitative estimate of drug-likeness (QED) is 0.359. The number of anilines is 1. The predicted molar refractivity (Wildman–Crippen MR) is 134 cm³/mol. The molecule has 3 heterocycles. The molecule has 9 nitrogen and oxygen atoms in total. The number of nitrogens with two attached hydrogens (primary N) is 1. The molecule has 5 rings (SSSR count). The summed E-state index contributed by atoms with van der Waals surface area (Å²) < 4.78 is 15.9. The molecule has 1 aliphatic carbocycles. The average Bonchev–Trinajstić information content (AvgIpc) is 3.53. The van der Waals surface area contributed by atoms with E-state index in [2.05, 4.69) is 26.6 Å². The third-order valence-electron chi connectivity index (χ3n) is 6.63. The summed E-state index contributed by atoms with van der Waals surface area (Å²) in [5.74, 6) is 0.0890. The van der Waals surface area contributed by atoms with Gasteiger partial charge >= 0.3 is 6.09 Å². The standard InChI is InChI=1S/C26H26FN7O2/c1-2-21(34(26(35)36)17-9-4-5-10-17)19-14-30-24(31-23(19)28)22-18-11-7-13-29-25(18)33(32-22)15-16-8-3-6-12-20(16)27/h2-3,6-8,11-14,17,21H,1,4-5,9-10,15H2,(H,35,36)(H2,28,30,31). The Balaban J connectivity index is 1.53. The molecule has 1 atom stereocenters. The summed E-state index contributed by atoms with van der Waals surface area (Å²) >= 11 is 0. The molecule has 3 aromatic heterocycles. The Morgan fingerprint density at radius 2 is 2.03 bits per heavy atom. The third kappa shape index (κ3) is 4.26. The molecule has 184 valence electrons. The number of rotatable bonds is 7. The minimum Gasteiger partial charge on any atom is -0.465 e. The topological polar surface area (TPSA) is 123 Å². The van der Waals surface area contributed by atoms with Crippen LogP contribution in [0.2, 0.25) is 0 Å². The van der Waals surface area contributed by atoms with Crippen LogP contribution in [0.4, 0.5) is 15.0 Å². The maximum Gasteiger partial charge on any atom is 0.408 e. The number of pyridine rings is 1. The van der Waals surface area contributed by atoms with Crippen LogP contribution in [-0.2, 0) is 6.54 Å². The molecule has 10 heteroatoms. The van der Waals surface area contributed by atoms with Gasteiger partial charge in [0.1, 0.15) is 17.3 Å². The number of benzene rings is 1. The second kappa shape index (κ2) is 9.73. The summed E-state index contributed by atoms with van der Waals surface area (Å²) in [5, 5.41) is 15.3. The van der Waals surface area contributed by atoms with E-state index >= 15 is 0 Å². The molecular formula is C26H26FN7O2. The Morgan fingerprint density at radius 1 is 1.25 bits per heavy atom. The van der Waals surface area contributed by atoms with Crippen LogP contribution >= 0.6 is 0 Å². The fourth-order valence-corrected chi connectivity index (χ4v) is 4.89. The maximum absolute atomic E-state index is 14.3. The number of amides is 1. The molecule has 3 N–H and O–H groups in total. The van der Waals surface area contributed by atoms with Crippen LogP contribution in [0, 0.1) is 5.82 Å². The fraction of sp³-hybridized carbons (Fsp3) is 0.269. The van der Waals surface area contributed by atoms with Gasteiger partial charge in [-0.15, -0.1) is 6.58 Å². The van der Waals surface area contributed by atoms with E-state index in [0.717, 1.165) is 25.7 Å². The van der Waals surface area contributed by atoms with Crippen LogP contribution in [-0.4, -0.2) is 46.9 Å². The smallest absolute Gasteiger partial charge is 0.408 e. The first-order chi connectivity index (χ1) is 17.5. The lowest BCUT2D eigenvalue weighted by Gasteiger charge is -2.32. The molecule has 1 saturated carbocycles. The van der Waals surface area contributed by atoms with E-state index in [1.165, 1.54) is 17.2 Å². The summed E-state index contributed by atoms with van der Waals surface area (Å²) in [7, 11) is 0. The van der Waals surface area contributed by atoms with Gasteiger partial charge in [0.25, 0.3) is 0 Å². The normalized spacial score (nSPS) is 14.7. The van der Waals surface area contributed by atoms with Crippen LogP contribution < -0.4 is 5.73 Å². The number of halogens is 1. The second-order valence-corrected chi connectivity index (χ2v) is 8.82. The van der Waals surface area contributed by atoms with Crippen molar-refractivity contribution >= 4 is 22.9 Å². The van der Waals surface area contributed by atoms with Crippen molar-refractivity contribution in [3.63, 3.8) is 0 Å². The second-order valence-electron chi connectivity index (χ2n) is 8.82.